The van der Waals surface area contributed by atoms with Crippen LogP contribution in [0.4, 0.5) is 0 Å². The summed E-state index contributed by atoms with van der Waals surface area (Å²) in [6, 6.07) is 18.6. The lowest BCUT2D eigenvalue weighted by atomic mass is 10.1. The summed E-state index contributed by atoms with van der Waals surface area (Å²) in [6.07, 6.45) is 2.53. The van der Waals surface area contributed by atoms with Crippen molar-refractivity contribution in [2.75, 3.05) is 13.1 Å². The van der Waals surface area contributed by atoms with Gasteiger partial charge in [0, 0.05) is 16.3 Å². The fourth-order valence-electron chi connectivity index (χ4n) is 3.67. The Morgan fingerprint density at radius 3 is 2.32 bits per heavy atom. The summed E-state index contributed by atoms with van der Waals surface area (Å²) in [5.41, 5.74) is 2.93. The second-order valence-electron chi connectivity index (χ2n) is 6.60. The van der Waals surface area contributed by atoms with Crippen molar-refractivity contribution in [3.05, 3.63) is 60.4 Å². The molecular weight excluding hydrogens is 310 g/mol. The highest BCUT2D eigenvalue weighted by Crippen LogP contribution is 2.29. The summed E-state index contributed by atoms with van der Waals surface area (Å²) in [6.45, 7) is 3.07. The van der Waals surface area contributed by atoms with Crippen molar-refractivity contribution in [3.8, 4) is 11.3 Å². The molecule has 0 aliphatic carbocycles. The second kappa shape index (κ2) is 5.93. The lowest BCUT2D eigenvalue weighted by molar-refractivity contribution is 0.319. The minimum absolute atomic E-state index is 0.806. The highest BCUT2D eigenvalue weighted by atomic mass is 15.4. The van der Waals surface area contributed by atoms with Gasteiger partial charge in [0.1, 0.15) is 0 Å². The third-order valence-electron chi connectivity index (χ3n) is 4.94. The van der Waals surface area contributed by atoms with E-state index in [0.29, 0.717) is 0 Å². The molecule has 4 aromatic rings. The van der Waals surface area contributed by atoms with Gasteiger partial charge in [-0.25, -0.2) is 0 Å². The molecule has 0 bridgehead atoms. The number of likely N-dealkylation sites (tertiary alicyclic amines) is 1. The van der Waals surface area contributed by atoms with E-state index in [0.717, 1.165) is 53.1 Å². The van der Waals surface area contributed by atoms with Crippen LogP contribution in [0, 0.1) is 0 Å². The predicted molar refractivity (Wildman–Crippen MR) is 98.2 cm³/mol. The van der Waals surface area contributed by atoms with Crippen molar-refractivity contribution >= 4 is 16.4 Å². The molecule has 0 radical (unpaired) electrons. The molecule has 5 nitrogen and oxygen atoms in total. The largest absolute Gasteiger partial charge is 0.296 e. The van der Waals surface area contributed by atoms with Crippen molar-refractivity contribution in [2.24, 2.45) is 0 Å². The van der Waals surface area contributed by atoms with Crippen molar-refractivity contribution < 1.29 is 0 Å². The first-order valence-corrected chi connectivity index (χ1v) is 8.81. The van der Waals surface area contributed by atoms with E-state index in [1.807, 2.05) is 28.8 Å². The first kappa shape index (κ1) is 14.5. The van der Waals surface area contributed by atoms with Gasteiger partial charge in [0.25, 0.3) is 0 Å². The van der Waals surface area contributed by atoms with Gasteiger partial charge in [-0.05, 0) is 25.9 Å². The zero-order chi connectivity index (χ0) is 16.6. The van der Waals surface area contributed by atoms with Crippen molar-refractivity contribution in [1.82, 2.24) is 24.7 Å². The van der Waals surface area contributed by atoms with E-state index in [9.17, 15) is 0 Å². The molecule has 25 heavy (non-hydrogen) atoms. The zero-order valence-electron chi connectivity index (χ0n) is 14.0. The molecular formula is C20H19N5. The van der Waals surface area contributed by atoms with Crippen LogP contribution >= 0.6 is 0 Å². The molecule has 2 aromatic heterocycles. The summed E-state index contributed by atoms with van der Waals surface area (Å²) in [4.78, 5) is 2.43. The Kier molecular flexibility index (Phi) is 3.45. The Balaban J connectivity index is 1.74. The van der Waals surface area contributed by atoms with Gasteiger partial charge in [-0.1, -0.05) is 54.6 Å². The van der Waals surface area contributed by atoms with Gasteiger partial charge >= 0.3 is 0 Å². The molecule has 1 saturated heterocycles. The number of nitrogens with zero attached hydrogens (tertiary/aromatic N) is 5. The summed E-state index contributed by atoms with van der Waals surface area (Å²) >= 11 is 0. The van der Waals surface area contributed by atoms with Gasteiger partial charge in [-0.2, -0.15) is 9.61 Å². The Labute approximate surface area is 145 Å². The Morgan fingerprint density at radius 1 is 0.800 bits per heavy atom. The molecule has 0 amide bonds. The number of benzene rings is 2. The average molecular weight is 329 g/mol. The van der Waals surface area contributed by atoms with E-state index < -0.39 is 0 Å². The van der Waals surface area contributed by atoms with Gasteiger partial charge in [-0.3, -0.25) is 4.90 Å². The predicted octanol–water partition coefficient (Wildman–Crippen LogP) is 3.54. The van der Waals surface area contributed by atoms with Gasteiger partial charge < -0.3 is 0 Å². The fourth-order valence-corrected chi connectivity index (χ4v) is 3.67. The molecule has 0 atom stereocenters. The molecule has 1 aliphatic rings. The van der Waals surface area contributed by atoms with Crippen LogP contribution in [0.25, 0.3) is 27.7 Å². The standard InChI is InChI=1S/C20H19N5/c1-2-8-15(9-3-1)19-16-10-4-5-11-17(16)20-22-21-18(25(20)23-19)14-24-12-6-7-13-24/h1-5,8-11H,6-7,12-14H2. The van der Waals surface area contributed by atoms with Gasteiger partial charge in [0.15, 0.2) is 11.5 Å². The van der Waals surface area contributed by atoms with Crippen LogP contribution in [0.1, 0.15) is 18.7 Å². The molecule has 2 aromatic carbocycles. The SMILES string of the molecule is c1ccc(-c2nn3c(CN4CCCC4)nnc3c3ccccc23)cc1. The van der Waals surface area contributed by atoms with Crippen LogP contribution in [0.3, 0.4) is 0 Å². The Hall–Kier alpha value is -2.79. The quantitative estimate of drug-likeness (QED) is 0.577. The van der Waals surface area contributed by atoms with E-state index in [-0.39, 0.29) is 0 Å². The van der Waals surface area contributed by atoms with Crippen LogP contribution in [0.2, 0.25) is 0 Å². The number of hydrogen-bond donors (Lipinski definition) is 0. The van der Waals surface area contributed by atoms with Gasteiger partial charge in [-0.15, -0.1) is 10.2 Å². The van der Waals surface area contributed by atoms with E-state index in [1.165, 1.54) is 12.8 Å². The highest BCUT2D eigenvalue weighted by molar-refractivity contribution is 6.01. The number of rotatable bonds is 3. The van der Waals surface area contributed by atoms with Crippen molar-refractivity contribution in [3.63, 3.8) is 0 Å². The van der Waals surface area contributed by atoms with Crippen LogP contribution in [0.15, 0.2) is 54.6 Å². The third kappa shape index (κ3) is 2.48. The molecule has 0 spiro atoms. The first-order valence-electron chi connectivity index (χ1n) is 8.81. The molecule has 3 heterocycles. The second-order valence-corrected chi connectivity index (χ2v) is 6.60. The van der Waals surface area contributed by atoms with Crippen LogP contribution in [-0.4, -0.2) is 37.8 Å². The maximum absolute atomic E-state index is 4.94. The lowest BCUT2D eigenvalue weighted by Crippen LogP contribution is -2.20. The summed E-state index contributed by atoms with van der Waals surface area (Å²) < 4.78 is 1.93. The maximum atomic E-state index is 4.94. The van der Waals surface area contributed by atoms with Gasteiger partial charge in [0.2, 0.25) is 0 Å². The first-order chi connectivity index (χ1) is 12.4. The van der Waals surface area contributed by atoms with E-state index >= 15 is 0 Å². The third-order valence-corrected chi connectivity index (χ3v) is 4.94. The van der Waals surface area contributed by atoms with E-state index in [2.05, 4.69) is 45.4 Å². The topological polar surface area (TPSA) is 46.3 Å². The minimum Gasteiger partial charge on any atom is -0.296 e. The van der Waals surface area contributed by atoms with E-state index in [4.69, 9.17) is 5.10 Å². The molecule has 0 N–H and O–H groups in total. The van der Waals surface area contributed by atoms with Crippen LogP contribution in [-0.2, 0) is 6.54 Å². The van der Waals surface area contributed by atoms with Crippen LogP contribution < -0.4 is 0 Å². The van der Waals surface area contributed by atoms with E-state index in [1.54, 1.807) is 0 Å². The molecule has 124 valence electrons. The molecule has 5 rings (SSSR count). The molecule has 0 saturated carbocycles. The average Bonchev–Trinajstić information content (AvgIpc) is 3.32. The minimum atomic E-state index is 0.806. The summed E-state index contributed by atoms with van der Waals surface area (Å²) in [5, 5.41) is 16.0. The monoisotopic (exact) mass is 329 g/mol. The molecule has 1 fully saturated rings. The maximum Gasteiger partial charge on any atom is 0.185 e. The normalized spacial score (nSPS) is 15.4. The molecule has 1 aliphatic heterocycles. The van der Waals surface area contributed by atoms with Crippen molar-refractivity contribution in [1.29, 1.82) is 0 Å². The zero-order valence-corrected chi connectivity index (χ0v) is 14.0. The number of fused-ring (bicyclic) bond motifs is 3. The Bertz CT molecular complexity index is 1030. The van der Waals surface area contributed by atoms with Crippen LogP contribution in [0.5, 0.6) is 0 Å². The number of hydrogen-bond acceptors (Lipinski definition) is 4. The molecule has 0 unspecified atom stereocenters. The fraction of sp³-hybridized carbons (Fsp3) is 0.250. The van der Waals surface area contributed by atoms with Crippen molar-refractivity contribution in [2.45, 2.75) is 19.4 Å². The highest BCUT2D eigenvalue weighted by Gasteiger charge is 2.18. The Morgan fingerprint density at radius 2 is 1.52 bits per heavy atom. The summed E-state index contributed by atoms with van der Waals surface area (Å²) in [7, 11) is 0. The molecule has 5 heteroatoms. The lowest BCUT2D eigenvalue weighted by Gasteiger charge is -2.13. The van der Waals surface area contributed by atoms with Gasteiger partial charge in [0.05, 0.1) is 12.2 Å². The summed E-state index contributed by atoms with van der Waals surface area (Å²) in [5.74, 6) is 0.917. The number of aromatic nitrogens is 4. The smallest absolute Gasteiger partial charge is 0.185 e.